The molecule has 1 saturated heterocycles. The summed E-state index contributed by atoms with van der Waals surface area (Å²) in [5, 5.41) is 10.4. The molecule has 0 unspecified atom stereocenters. The lowest BCUT2D eigenvalue weighted by atomic mass is 9.87. The molecule has 4 rings (SSSR count). The lowest BCUT2D eigenvalue weighted by Gasteiger charge is -2.35. The van der Waals surface area contributed by atoms with E-state index in [1.807, 2.05) is 18.2 Å². The Balaban J connectivity index is 1.07. The van der Waals surface area contributed by atoms with Gasteiger partial charge in [0.15, 0.2) is 11.5 Å². The fourth-order valence-corrected chi connectivity index (χ4v) is 4.27. The van der Waals surface area contributed by atoms with Crippen molar-refractivity contribution in [1.29, 1.82) is 0 Å². The van der Waals surface area contributed by atoms with Gasteiger partial charge >= 0.3 is 0 Å². The molecule has 2 aromatic rings. The molecular formula is C27H38N2O5. The first-order valence-corrected chi connectivity index (χ1v) is 12.2. The summed E-state index contributed by atoms with van der Waals surface area (Å²) in [5.41, 5.74) is 2.66. The number of ether oxygens (including phenoxy) is 4. The van der Waals surface area contributed by atoms with Crippen molar-refractivity contribution in [3.05, 3.63) is 53.6 Å². The third-order valence-electron chi connectivity index (χ3n) is 6.30. The average Bonchev–Trinajstić information content (AvgIpc) is 3.28. The van der Waals surface area contributed by atoms with Gasteiger partial charge in [-0.2, -0.15) is 0 Å². The first-order valence-electron chi connectivity index (χ1n) is 12.2. The Labute approximate surface area is 203 Å². The van der Waals surface area contributed by atoms with Gasteiger partial charge in [0.25, 0.3) is 0 Å². The highest BCUT2D eigenvalue weighted by atomic mass is 16.7. The number of hydrogen-bond donors (Lipinski definition) is 1. The van der Waals surface area contributed by atoms with Crippen LogP contribution in [0.1, 0.15) is 31.9 Å². The van der Waals surface area contributed by atoms with Gasteiger partial charge in [-0.3, -0.25) is 9.80 Å². The second-order valence-electron chi connectivity index (χ2n) is 10.1. The maximum absolute atomic E-state index is 10.4. The zero-order valence-electron chi connectivity index (χ0n) is 20.7. The molecule has 7 heteroatoms. The van der Waals surface area contributed by atoms with Crippen LogP contribution in [0.25, 0.3) is 0 Å². The van der Waals surface area contributed by atoms with E-state index in [0.717, 1.165) is 50.0 Å². The van der Waals surface area contributed by atoms with Crippen molar-refractivity contribution in [2.24, 2.45) is 0 Å². The van der Waals surface area contributed by atoms with Crippen molar-refractivity contribution < 1.29 is 24.1 Å². The zero-order valence-corrected chi connectivity index (χ0v) is 20.7. The van der Waals surface area contributed by atoms with Crippen LogP contribution < -0.4 is 14.2 Å². The number of piperazine rings is 1. The molecule has 34 heavy (non-hydrogen) atoms. The van der Waals surface area contributed by atoms with Crippen molar-refractivity contribution >= 4 is 0 Å². The average molecular weight is 471 g/mol. The highest BCUT2D eigenvalue weighted by Gasteiger charge is 2.21. The number of aliphatic hydroxyl groups excluding tert-OH is 1. The van der Waals surface area contributed by atoms with E-state index in [2.05, 4.69) is 54.8 Å². The Bertz CT molecular complexity index is 904. The van der Waals surface area contributed by atoms with Crippen molar-refractivity contribution in [3.63, 3.8) is 0 Å². The summed E-state index contributed by atoms with van der Waals surface area (Å²) in [6.07, 6.45) is -0.494. The van der Waals surface area contributed by atoms with Crippen LogP contribution in [-0.4, -0.2) is 80.3 Å². The molecule has 0 radical (unpaired) electrons. The molecule has 1 N–H and O–H groups in total. The zero-order chi connectivity index (χ0) is 24.0. The summed E-state index contributed by atoms with van der Waals surface area (Å²) in [4.78, 5) is 4.74. The molecule has 2 heterocycles. The normalized spacial score (nSPS) is 17.6. The monoisotopic (exact) mass is 470 g/mol. The maximum atomic E-state index is 10.4. The number of aliphatic hydroxyl groups is 1. The predicted molar refractivity (Wildman–Crippen MR) is 132 cm³/mol. The minimum absolute atomic E-state index is 0.136. The quantitative estimate of drug-likeness (QED) is 0.535. The molecule has 0 aromatic heterocycles. The van der Waals surface area contributed by atoms with Gasteiger partial charge < -0.3 is 24.1 Å². The van der Waals surface area contributed by atoms with Gasteiger partial charge in [0.2, 0.25) is 6.79 Å². The topological polar surface area (TPSA) is 63.6 Å². The van der Waals surface area contributed by atoms with Gasteiger partial charge in [-0.1, -0.05) is 39.0 Å². The van der Waals surface area contributed by atoms with E-state index < -0.39 is 6.10 Å². The van der Waals surface area contributed by atoms with E-state index >= 15 is 0 Å². The molecule has 0 aliphatic carbocycles. The summed E-state index contributed by atoms with van der Waals surface area (Å²) >= 11 is 0. The lowest BCUT2D eigenvalue weighted by Crippen LogP contribution is -2.48. The summed E-state index contributed by atoms with van der Waals surface area (Å²) in [6.45, 7) is 13.5. The highest BCUT2D eigenvalue weighted by Crippen LogP contribution is 2.32. The Morgan fingerprint density at radius 1 is 0.912 bits per heavy atom. The molecule has 0 saturated carbocycles. The Morgan fingerprint density at radius 3 is 2.35 bits per heavy atom. The summed E-state index contributed by atoms with van der Waals surface area (Å²) in [5.74, 6) is 2.50. The fraction of sp³-hybridized carbons (Fsp3) is 0.556. The largest absolute Gasteiger partial charge is 0.491 e. The van der Waals surface area contributed by atoms with E-state index in [1.165, 1.54) is 11.1 Å². The summed E-state index contributed by atoms with van der Waals surface area (Å²) in [7, 11) is 0. The number of nitrogens with zero attached hydrogens (tertiary/aromatic N) is 2. The molecular weight excluding hydrogens is 432 g/mol. The van der Waals surface area contributed by atoms with Gasteiger partial charge in [0.05, 0.1) is 19.3 Å². The number of benzene rings is 2. The number of fused-ring (bicyclic) bond motifs is 1. The van der Waals surface area contributed by atoms with Crippen LogP contribution in [0.15, 0.2) is 42.5 Å². The van der Waals surface area contributed by atoms with Crippen LogP contribution in [-0.2, 0) is 16.7 Å². The molecule has 2 aliphatic heterocycles. The molecule has 2 aromatic carbocycles. The molecule has 1 atom stereocenters. The SMILES string of the molecule is CC(C)(C)c1ccc(OCCOC[C@H](O)CN2CCN(Cc3ccc4c(c3)OCO4)CC2)cc1. The third-order valence-corrected chi connectivity index (χ3v) is 6.30. The number of β-amino-alcohol motifs (C(OH)–C–C–N with tert-alkyl or cyclic N) is 1. The van der Waals surface area contributed by atoms with Crippen LogP contribution in [0.4, 0.5) is 0 Å². The molecule has 2 aliphatic rings. The number of rotatable bonds is 10. The lowest BCUT2D eigenvalue weighted by molar-refractivity contribution is -0.000440. The minimum atomic E-state index is -0.494. The van der Waals surface area contributed by atoms with Crippen molar-refractivity contribution in [2.45, 2.75) is 38.8 Å². The van der Waals surface area contributed by atoms with Gasteiger partial charge in [-0.15, -0.1) is 0 Å². The van der Waals surface area contributed by atoms with E-state index in [-0.39, 0.29) is 5.41 Å². The molecule has 0 amide bonds. The minimum Gasteiger partial charge on any atom is -0.491 e. The summed E-state index contributed by atoms with van der Waals surface area (Å²) in [6, 6.07) is 14.4. The first kappa shape index (κ1) is 24.8. The number of hydrogen-bond acceptors (Lipinski definition) is 7. The van der Waals surface area contributed by atoms with Crippen LogP contribution in [0.3, 0.4) is 0 Å². The van der Waals surface area contributed by atoms with Crippen LogP contribution in [0.5, 0.6) is 17.2 Å². The fourth-order valence-electron chi connectivity index (χ4n) is 4.27. The smallest absolute Gasteiger partial charge is 0.231 e. The highest BCUT2D eigenvalue weighted by molar-refractivity contribution is 5.44. The predicted octanol–water partition coefficient (Wildman–Crippen LogP) is 3.29. The van der Waals surface area contributed by atoms with E-state index in [1.54, 1.807) is 0 Å². The van der Waals surface area contributed by atoms with Crippen molar-refractivity contribution in [3.8, 4) is 17.2 Å². The third kappa shape index (κ3) is 7.09. The van der Waals surface area contributed by atoms with Crippen molar-refractivity contribution in [1.82, 2.24) is 9.80 Å². The van der Waals surface area contributed by atoms with E-state index in [4.69, 9.17) is 18.9 Å². The standard InChI is InChI=1S/C27H38N2O5/c1-27(2,3)22-5-7-24(8-6-22)32-15-14-31-19-23(30)18-29-12-10-28(11-13-29)17-21-4-9-25-26(16-21)34-20-33-25/h4-9,16,23,30H,10-15,17-20H2,1-3H3/t23-/m1/s1. The maximum Gasteiger partial charge on any atom is 0.231 e. The second-order valence-corrected chi connectivity index (χ2v) is 10.1. The van der Waals surface area contributed by atoms with E-state index in [9.17, 15) is 5.11 Å². The van der Waals surface area contributed by atoms with E-state index in [0.29, 0.717) is 33.2 Å². The molecule has 186 valence electrons. The Hall–Kier alpha value is -2.32. The van der Waals surface area contributed by atoms with Gasteiger partial charge in [-0.25, -0.2) is 0 Å². The van der Waals surface area contributed by atoms with Crippen LogP contribution >= 0.6 is 0 Å². The Kier molecular flexibility index (Phi) is 8.32. The first-order chi connectivity index (χ1) is 16.4. The van der Waals surface area contributed by atoms with Crippen LogP contribution in [0, 0.1) is 0 Å². The van der Waals surface area contributed by atoms with Gasteiger partial charge in [0.1, 0.15) is 12.4 Å². The van der Waals surface area contributed by atoms with Crippen molar-refractivity contribution in [2.75, 3.05) is 59.3 Å². The molecule has 0 spiro atoms. The second kappa shape index (κ2) is 11.4. The Morgan fingerprint density at radius 2 is 1.62 bits per heavy atom. The van der Waals surface area contributed by atoms with Gasteiger partial charge in [-0.05, 0) is 40.8 Å². The molecule has 1 fully saturated rings. The van der Waals surface area contributed by atoms with Crippen LogP contribution in [0.2, 0.25) is 0 Å². The summed E-state index contributed by atoms with van der Waals surface area (Å²) < 4.78 is 22.3. The molecule has 0 bridgehead atoms. The molecule has 7 nitrogen and oxygen atoms in total. The van der Waals surface area contributed by atoms with Gasteiger partial charge in [0, 0.05) is 39.3 Å².